The molecule has 108 valence electrons. The average molecular weight is 316 g/mol. The van der Waals surface area contributed by atoms with Gasteiger partial charge in [-0.2, -0.15) is 5.10 Å². The first-order valence-corrected chi connectivity index (χ1v) is 7.71. The number of halogens is 1. The molecule has 0 spiro atoms. The van der Waals surface area contributed by atoms with Crippen LogP contribution < -0.4 is 10.5 Å². The fraction of sp³-hybridized carbons (Fsp3) is 0.273. The van der Waals surface area contributed by atoms with Gasteiger partial charge in [-0.3, -0.25) is 5.10 Å². The fourth-order valence-corrected chi connectivity index (χ4v) is 2.89. The van der Waals surface area contributed by atoms with Gasteiger partial charge in [-0.05, 0) is 23.8 Å². The minimum atomic E-state index is -3.59. The van der Waals surface area contributed by atoms with E-state index in [1.165, 1.54) is 24.5 Å². The van der Waals surface area contributed by atoms with E-state index in [-0.39, 0.29) is 18.0 Å². The third kappa shape index (κ3) is 3.54. The normalized spacial score (nSPS) is 11.7. The Morgan fingerprint density at radius 2 is 2.20 bits per heavy atom. The van der Waals surface area contributed by atoms with Crippen molar-refractivity contribution in [2.45, 2.75) is 17.9 Å². The Hall–Kier alpha value is -1.48. The number of aromatic amines is 1. The summed E-state index contributed by atoms with van der Waals surface area (Å²) in [4.78, 5) is 4.05. The summed E-state index contributed by atoms with van der Waals surface area (Å²) in [6.07, 6.45) is 1.80. The van der Waals surface area contributed by atoms with E-state index in [0.29, 0.717) is 22.8 Å². The molecule has 0 fully saturated rings. The van der Waals surface area contributed by atoms with Crippen LogP contribution in [0.4, 0.5) is 0 Å². The predicted molar refractivity (Wildman–Crippen MR) is 74.6 cm³/mol. The summed E-state index contributed by atoms with van der Waals surface area (Å²) in [6, 6.07) is 4.44. The highest BCUT2D eigenvalue weighted by Crippen LogP contribution is 2.19. The first-order valence-electron chi connectivity index (χ1n) is 5.85. The molecule has 4 N–H and O–H groups in total. The third-order valence-electron chi connectivity index (χ3n) is 2.67. The van der Waals surface area contributed by atoms with Crippen molar-refractivity contribution in [3.63, 3.8) is 0 Å². The Labute approximate surface area is 121 Å². The van der Waals surface area contributed by atoms with Crippen LogP contribution in [0.5, 0.6) is 0 Å². The number of benzene rings is 1. The van der Waals surface area contributed by atoms with Gasteiger partial charge in [-0.15, -0.1) is 0 Å². The molecule has 1 aromatic carbocycles. The van der Waals surface area contributed by atoms with Crippen molar-refractivity contribution in [3.05, 3.63) is 40.9 Å². The molecule has 1 aromatic heterocycles. The minimum absolute atomic E-state index is 0.139. The number of sulfonamides is 1. The molecule has 0 saturated heterocycles. The maximum atomic E-state index is 12.1. The number of nitrogens with two attached hydrogens (primary N) is 1. The minimum Gasteiger partial charge on any atom is -0.326 e. The van der Waals surface area contributed by atoms with Gasteiger partial charge in [0.1, 0.15) is 12.2 Å². The molecule has 0 aliphatic rings. The van der Waals surface area contributed by atoms with E-state index in [4.69, 9.17) is 17.3 Å². The number of nitrogens with one attached hydrogen (secondary N) is 2. The van der Waals surface area contributed by atoms with Crippen LogP contribution in [-0.2, 0) is 23.0 Å². The molecule has 0 aliphatic heterocycles. The smallest absolute Gasteiger partial charge is 0.240 e. The molecule has 7 nitrogen and oxygen atoms in total. The highest BCUT2D eigenvalue weighted by atomic mass is 35.5. The Balaban J connectivity index is 2.06. The van der Waals surface area contributed by atoms with Crippen LogP contribution in [-0.4, -0.2) is 30.1 Å². The molecule has 2 aromatic rings. The molecular weight excluding hydrogens is 302 g/mol. The van der Waals surface area contributed by atoms with Crippen molar-refractivity contribution < 1.29 is 8.42 Å². The third-order valence-corrected chi connectivity index (χ3v) is 4.49. The fourth-order valence-electron chi connectivity index (χ4n) is 1.61. The molecule has 20 heavy (non-hydrogen) atoms. The Bertz CT molecular complexity index is 672. The molecule has 0 aliphatic carbocycles. The zero-order chi connectivity index (χ0) is 14.6. The topological polar surface area (TPSA) is 114 Å². The molecule has 9 heteroatoms. The summed E-state index contributed by atoms with van der Waals surface area (Å²) in [5.74, 6) is 0.617. The molecule has 0 amide bonds. The Kier molecular flexibility index (Phi) is 4.71. The maximum absolute atomic E-state index is 12.1. The zero-order valence-corrected chi connectivity index (χ0v) is 12.1. The Morgan fingerprint density at radius 3 is 2.85 bits per heavy atom. The van der Waals surface area contributed by atoms with Gasteiger partial charge in [0.15, 0.2) is 0 Å². The van der Waals surface area contributed by atoms with Crippen LogP contribution in [0.15, 0.2) is 29.4 Å². The number of hydrogen-bond acceptors (Lipinski definition) is 5. The van der Waals surface area contributed by atoms with E-state index < -0.39 is 10.0 Å². The second kappa shape index (κ2) is 6.31. The van der Waals surface area contributed by atoms with E-state index in [1.54, 1.807) is 0 Å². The summed E-state index contributed by atoms with van der Waals surface area (Å²) < 4.78 is 26.7. The summed E-state index contributed by atoms with van der Waals surface area (Å²) in [5, 5.41) is 6.80. The van der Waals surface area contributed by atoms with Gasteiger partial charge >= 0.3 is 0 Å². The summed E-state index contributed by atoms with van der Waals surface area (Å²) in [6.45, 7) is 0.401. The quantitative estimate of drug-likeness (QED) is 0.715. The average Bonchev–Trinajstić information content (AvgIpc) is 2.92. The standard InChI is InChI=1S/C11H14ClN5O2S/c12-10-2-1-9(5-8(10)6-13)20(18,19)16-4-3-11-14-7-15-17-11/h1-2,5,7,16H,3-4,6,13H2,(H,14,15,17). The molecule has 0 bridgehead atoms. The van der Waals surface area contributed by atoms with Gasteiger partial charge in [-0.1, -0.05) is 11.6 Å². The lowest BCUT2D eigenvalue weighted by atomic mass is 10.2. The van der Waals surface area contributed by atoms with Crippen LogP contribution in [0.3, 0.4) is 0 Å². The van der Waals surface area contributed by atoms with E-state index >= 15 is 0 Å². The molecule has 0 radical (unpaired) electrons. The summed E-state index contributed by atoms with van der Waals surface area (Å²) in [7, 11) is -3.59. The van der Waals surface area contributed by atoms with E-state index in [1.807, 2.05) is 0 Å². The van der Waals surface area contributed by atoms with Crippen LogP contribution in [0.2, 0.25) is 5.02 Å². The van der Waals surface area contributed by atoms with Gasteiger partial charge in [0, 0.05) is 24.5 Å². The lowest BCUT2D eigenvalue weighted by Crippen LogP contribution is -2.26. The van der Waals surface area contributed by atoms with Gasteiger partial charge in [0.25, 0.3) is 0 Å². The second-order valence-electron chi connectivity index (χ2n) is 4.04. The number of aromatic nitrogens is 3. The highest BCUT2D eigenvalue weighted by molar-refractivity contribution is 7.89. The van der Waals surface area contributed by atoms with Gasteiger partial charge in [0.2, 0.25) is 10.0 Å². The summed E-state index contributed by atoms with van der Waals surface area (Å²) >= 11 is 5.90. The Morgan fingerprint density at radius 1 is 1.40 bits per heavy atom. The van der Waals surface area contributed by atoms with E-state index in [2.05, 4.69) is 19.9 Å². The molecule has 0 unspecified atom stereocenters. The molecule has 0 saturated carbocycles. The largest absolute Gasteiger partial charge is 0.326 e. The van der Waals surface area contributed by atoms with Crippen molar-refractivity contribution in [3.8, 4) is 0 Å². The monoisotopic (exact) mass is 315 g/mol. The van der Waals surface area contributed by atoms with Crippen molar-refractivity contribution in [2.75, 3.05) is 6.54 Å². The SMILES string of the molecule is NCc1cc(S(=O)(=O)NCCc2ncn[nH]2)ccc1Cl. The zero-order valence-electron chi connectivity index (χ0n) is 10.5. The van der Waals surface area contributed by atoms with Crippen molar-refractivity contribution in [2.24, 2.45) is 5.73 Å². The molecular formula is C11H14ClN5O2S. The second-order valence-corrected chi connectivity index (χ2v) is 6.21. The lowest BCUT2D eigenvalue weighted by Gasteiger charge is -2.08. The van der Waals surface area contributed by atoms with Gasteiger partial charge in [0.05, 0.1) is 4.90 Å². The molecule has 2 rings (SSSR count). The van der Waals surface area contributed by atoms with Gasteiger partial charge < -0.3 is 5.73 Å². The van der Waals surface area contributed by atoms with E-state index in [9.17, 15) is 8.42 Å². The van der Waals surface area contributed by atoms with Crippen molar-refractivity contribution in [1.29, 1.82) is 0 Å². The van der Waals surface area contributed by atoms with Gasteiger partial charge in [-0.25, -0.2) is 18.1 Å². The van der Waals surface area contributed by atoms with Crippen molar-refractivity contribution in [1.82, 2.24) is 19.9 Å². The summed E-state index contributed by atoms with van der Waals surface area (Å²) in [5.41, 5.74) is 6.10. The maximum Gasteiger partial charge on any atom is 0.240 e. The van der Waals surface area contributed by atoms with E-state index in [0.717, 1.165) is 0 Å². The first kappa shape index (κ1) is 14.9. The van der Waals surface area contributed by atoms with Crippen LogP contribution >= 0.6 is 11.6 Å². The van der Waals surface area contributed by atoms with Crippen LogP contribution in [0, 0.1) is 0 Å². The number of H-pyrrole nitrogens is 1. The first-order chi connectivity index (χ1) is 9.53. The highest BCUT2D eigenvalue weighted by Gasteiger charge is 2.15. The van der Waals surface area contributed by atoms with Crippen LogP contribution in [0.25, 0.3) is 0 Å². The van der Waals surface area contributed by atoms with Crippen LogP contribution in [0.1, 0.15) is 11.4 Å². The van der Waals surface area contributed by atoms with Crippen molar-refractivity contribution >= 4 is 21.6 Å². The number of hydrogen-bond donors (Lipinski definition) is 3. The molecule has 0 atom stereocenters. The molecule has 1 heterocycles. The number of nitrogens with zero attached hydrogens (tertiary/aromatic N) is 2. The number of rotatable bonds is 6. The lowest BCUT2D eigenvalue weighted by molar-refractivity contribution is 0.580. The predicted octanol–water partition coefficient (Wildman–Crippen LogP) is 0.438.